The number of carbonyl (C=O) groups excluding carboxylic acids is 1. The molecule has 1 amide bonds. The summed E-state index contributed by atoms with van der Waals surface area (Å²) >= 11 is 0. The van der Waals surface area contributed by atoms with Crippen LogP contribution in [0.3, 0.4) is 0 Å². The van der Waals surface area contributed by atoms with Gasteiger partial charge >= 0.3 is 0 Å². The van der Waals surface area contributed by atoms with E-state index >= 15 is 0 Å². The van der Waals surface area contributed by atoms with E-state index in [1.807, 2.05) is 0 Å². The molecule has 2 N–H and O–H groups in total. The smallest absolute Gasteiger partial charge is 0.224 e. The molecule has 1 aromatic carbocycles. The number of phenols is 1. The number of nitrogens with one attached hydrogen (secondary N) is 1. The van der Waals surface area contributed by atoms with Gasteiger partial charge in [0.05, 0.1) is 7.11 Å². The number of hydrogen-bond acceptors (Lipinski definition) is 3. The molecular formula is C16H21NO3. The van der Waals surface area contributed by atoms with Crippen LogP contribution >= 0.6 is 0 Å². The van der Waals surface area contributed by atoms with Crippen molar-refractivity contribution in [2.45, 2.75) is 32.1 Å². The third-order valence-electron chi connectivity index (χ3n) is 4.79. The van der Waals surface area contributed by atoms with Crippen LogP contribution in [-0.4, -0.2) is 18.1 Å². The highest BCUT2D eigenvalue weighted by atomic mass is 16.5. The molecule has 2 saturated carbocycles. The van der Waals surface area contributed by atoms with Crippen LogP contribution in [0.1, 0.15) is 32.1 Å². The van der Waals surface area contributed by atoms with Gasteiger partial charge in [-0.2, -0.15) is 0 Å². The number of phenolic OH excluding ortho intramolecular Hbond substituents is 1. The summed E-state index contributed by atoms with van der Waals surface area (Å²) in [6.45, 7) is 0. The number of fused-ring (bicyclic) bond motifs is 2. The molecule has 0 saturated heterocycles. The number of benzene rings is 1. The van der Waals surface area contributed by atoms with E-state index in [0.717, 1.165) is 11.8 Å². The molecule has 0 aromatic heterocycles. The van der Waals surface area contributed by atoms with Crippen LogP contribution in [0.5, 0.6) is 11.5 Å². The Labute approximate surface area is 119 Å². The van der Waals surface area contributed by atoms with E-state index in [0.29, 0.717) is 23.8 Å². The number of carbonyl (C=O) groups is 1. The first kappa shape index (κ1) is 13.3. The van der Waals surface area contributed by atoms with Crippen molar-refractivity contribution in [3.63, 3.8) is 0 Å². The van der Waals surface area contributed by atoms with Crippen molar-refractivity contribution in [2.75, 3.05) is 12.4 Å². The maximum atomic E-state index is 12.1. The highest BCUT2D eigenvalue weighted by Gasteiger charge is 2.40. The predicted molar refractivity (Wildman–Crippen MR) is 76.8 cm³/mol. The number of rotatable bonds is 4. The highest BCUT2D eigenvalue weighted by molar-refractivity contribution is 5.91. The third kappa shape index (κ3) is 2.60. The van der Waals surface area contributed by atoms with Gasteiger partial charge in [0, 0.05) is 18.2 Å². The molecule has 0 spiro atoms. The summed E-state index contributed by atoms with van der Waals surface area (Å²) in [4.78, 5) is 12.1. The van der Waals surface area contributed by atoms with E-state index in [-0.39, 0.29) is 11.7 Å². The van der Waals surface area contributed by atoms with Crippen LogP contribution in [0.25, 0.3) is 0 Å². The van der Waals surface area contributed by atoms with Crippen LogP contribution < -0.4 is 10.1 Å². The molecule has 0 heterocycles. The molecule has 2 fully saturated rings. The highest BCUT2D eigenvalue weighted by Crippen LogP contribution is 2.49. The summed E-state index contributed by atoms with van der Waals surface area (Å²) in [5.41, 5.74) is 0.622. The van der Waals surface area contributed by atoms with Crippen molar-refractivity contribution >= 4 is 11.6 Å². The van der Waals surface area contributed by atoms with Crippen molar-refractivity contribution in [1.29, 1.82) is 0 Å². The Morgan fingerprint density at radius 3 is 2.85 bits per heavy atom. The molecule has 0 radical (unpaired) electrons. The third-order valence-corrected chi connectivity index (χ3v) is 4.79. The van der Waals surface area contributed by atoms with E-state index in [4.69, 9.17) is 4.74 Å². The predicted octanol–water partition coefficient (Wildman–Crippen LogP) is 3.17. The van der Waals surface area contributed by atoms with Crippen LogP contribution in [0.15, 0.2) is 18.2 Å². The van der Waals surface area contributed by atoms with Gasteiger partial charge in [-0.3, -0.25) is 4.79 Å². The van der Waals surface area contributed by atoms with E-state index in [1.165, 1.54) is 38.9 Å². The van der Waals surface area contributed by atoms with Gasteiger partial charge in [-0.25, -0.2) is 0 Å². The fraction of sp³-hybridized carbons (Fsp3) is 0.562. The molecular weight excluding hydrogens is 254 g/mol. The zero-order chi connectivity index (χ0) is 14.1. The Morgan fingerprint density at radius 2 is 2.25 bits per heavy atom. The lowest BCUT2D eigenvalue weighted by Crippen LogP contribution is -2.20. The van der Waals surface area contributed by atoms with Gasteiger partial charge in [0.25, 0.3) is 0 Å². The van der Waals surface area contributed by atoms with Gasteiger partial charge in [0.2, 0.25) is 5.91 Å². The first-order valence-electron chi connectivity index (χ1n) is 7.32. The second-order valence-corrected chi connectivity index (χ2v) is 6.07. The van der Waals surface area contributed by atoms with Crippen molar-refractivity contribution in [3.05, 3.63) is 18.2 Å². The Morgan fingerprint density at radius 1 is 1.40 bits per heavy atom. The number of ether oxygens (including phenoxy) is 1. The van der Waals surface area contributed by atoms with Gasteiger partial charge in [-0.05, 0) is 49.1 Å². The van der Waals surface area contributed by atoms with E-state index < -0.39 is 0 Å². The minimum Gasteiger partial charge on any atom is -0.504 e. The SMILES string of the molecule is COc1ccc(NC(=O)C[C@H]2C[C@H]3CC[C@@H]2C3)cc1O. The molecule has 3 rings (SSSR count). The maximum Gasteiger partial charge on any atom is 0.224 e. The standard InChI is InChI=1S/C16H21NO3/c1-20-15-5-4-13(9-14(15)18)17-16(19)8-12-7-10-2-3-11(12)6-10/h4-5,9-12,18H,2-3,6-8H2,1H3,(H,17,19)/t10-,11+,12+/m0/s1. The number of aromatic hydroxyl groups is 1. The second-order valence-electron chi connectivity index (χ2n) is 6.07. The summed E-state index contributed by atoms with van der Waals surface area (Å²) in [7, 11) is 1.50. The molecule has 2 aliphatic carbocycles. The van der Waals surface area contributed by atoms with Crippen molar-refractivity contribution in [3.8, 4) is 11.5 Å². The lowest BCUT2D eigenvalue weighted by atomic mass is 9.86. The topological polar surface area (TPSA) is 58.6 Å². The van der Waals surface area contributed by atoms with Crippen LogP contribution in [0, 0.1) is 17.8 Å². The number of hydrogen-bond donors (Lipinski definition) is 2. The van der Waals surface area contributed by atoms with Gasteiger partial charge in [0.1, 0.15) is 0 Å². The first-order chi connectivity index (χ1) is 9.65. The summed E-state index contributed by atoms with van der Waals surface area (Å²) in [6.07, 6.45) is 5.79. The second kappa shape index (κ2) is 5.35. The quantitative estimate of drug-likeness (QED) is 0.887. The monoisotopic (exact) mass is 275 g/mol. The van der Waals surface area contributed by atoms with Gasteiger partial charge in [0.15, 0.2) is 11.5 Å². The lowest BCUT2D eigenvalue weighted by Gasteiger charge is -2.20. The van der Waals surface area contributed by atoms with E-state index in [9.17, 15) is 9.90 Å². The summed E-state index contributed by atoms with van der Waals surface area (Å²) < 4.78 is 4.98. The van der Waals surface area contributed by atoms with E-state index in [2.05, 4.69) is 5.32 Å². The fourth-order valence-electron chi connectivity index (χ4n) is 3.84. The van der Waals surface area contributed by atoms with Crippen LogP contribution in [-0.2, 0) is 4.79 Å². The first-order valence-corrected chi connectivity index (χ1v) is 7.32. The summed E-state index contributed by atoms with van der Waals surface area (Å²) in [5.74, 6) is 2.69. The number of amides is 1. The molecule has 0 unspecified atom stereocenters. The average Bonchev–Trinajstić information content (AvgIpc) is 3.01. The summed E-state index contributed by atoms with van der Waals surface area (Å²) in [5, 5.41) is 12.6. The number of methoxy groups -OCH3 is 1. The van der Waals surface area contributed by atoms with Crippen LogP contribution in [0.4, 0.5) is 5.69 Å². The Hall–Kier alpha value is -1.71. The Balaban J connectivity index is 1.57. The lowest BCUT2D eigenvalue weighted by molar-refractivity contribution is -0.117. The molecule has 3 atom stereocenters. The van der Waals surface area contributed by atoms with Gasteiger partial charge in [-0.1, -0.05) is 6.42 Å². The normalized spacial score (nSPS) is 27.6. The molecule has 1 aromatic rings. The van der Waals surface area contributed by atoms with Crippen molar-refractivity contribution in [1.82, 2.24) is 0 Å². The molecule has 0 aliphatic heterocycles. The largest absolute Gasteiger partial charge is 0.504 e. The molecule has 108 valence electrons. The average molecular weight is 275 g/mol. The Kier molecular flexibility index (Phi) is 3.55. The maximum absolute atomic E-state index is 12.1. The van der Waals surface area contributed by atoms with Crippen molar-refractivity contribution in [2.24, 2.45) is 17.8 Å². The molecule has 4 heteroatoms. The zero-order valence-electron chi connectivity index (χ0n) is 11.8. The minimum atomic E-state index is 0.0465. The van der Waals surface area contributed by atoms with Gasteiger partial charge in [-0.15, -0.1) is 0 Å². The molecule has 2 bridgehead atoms. The Bertz CT molecular complexity index is 514. The minimum absolute atomic E-state index is 0.0465. The van der Waals surface area contributed by atoms with Gasteiger partial charge < -0.3 is 15.2 Å². The summed E-state index contributed by atoms with van der Waals surface area (Å²) in [6, 6.07) is 4.93. The fourth-order valence-corrected chi connectivity index (χ4v) is 3.84. The van der Waals surface area contributed by atoms with Crippen molar-refractivity contribution < 1.29 is 14.6 Å². The molecule has 2 aliphatic rings. The van der Waals surface area contributed by atoms with E-state index in [1.54, 1.807) is 12.1 Å². The zero-order valence-corrected chi connectivity index (χ0v) is 11.8. The van der Waals surface area contributed by atoms with Crippen LogP contribution in [0.2, 0.25) is 0 Å². The molecule has 4 nitrogen and oxygen atoms in total. The molecule has 20 heavy (non-hydrogen) atoms. The number of anilines is 1.